The molecule has 2 amide bonds. The molecule has 0 N–H and O–H groups in total. The summed E-state index contributed by atoms with van der Waals surface area (Å²) in [5.41, 5.74) is 1.60. The van der Waals surface area contributed by atoms with Crippen LogP contribution in [0.2, 0.25) is 0 Å². The van der Waals surface area contributed by atoms with Crippen molar-refractivity contribution in [3.05, 3.63) is 29.8 Å². The summed E-state index contributed by atoms with van der Waals surface area (Å²) in [6, 6.07) is 8.00. The van der Waals surface area contributed by atoms with E-state index < -0.39 is 0 Å². The third-order valence-electron chi connectivity index (χ3n) is 6.18. The fourth-order valence-electron chi connectivity index (χ4n) is 4.67. The lowest BCUT2D eigenvalue weighted by Gasteiger charge is -2.37. The number of likely N-dealkylation sites (tertiary alicyclic amines) is 2. The van der Waals surface area contributed by atoms with Gasteiger partial charge in [-0.05, 0) is 56.4 Å². The van der Waals surface area contributed by atoms with Gasteiger partial charge in [0.25, 0.3) is 5.91 Å². The van der Waals surface area contributed by atoms with Crippen molar-refractivity contribution in [2.75, 3.05) is 44.7 Å². The van der Waals surface area contributed by atoms with E-state index in [2.05, 4.69) is 17.0 Å². The highest BCUT2D eigenvalue weighted by molar-refractivity contribution is 5.96. The van der Waals surface area contributed by atoms with Gasteiger partial charge in [0.05, 0.1) is 5.41 Å². The van der Waals surface area contributed by atoms with Crippen LogP contribution < -0.4 is 4.90 Å². The van der Waals surface area contributed by atoms with E-state index in [1.54, 1.807) is 0 Å². The molecule has 1 aromatic carbocycles. The molecule has 5 heteroatoms. The molecule has 1 unspecified atom stereocenters. The molecule has 0 saturated carbocycles. The first-order chi connectivity index (χ1) is 12.1. The zero-order chi connectivity index (χ0) is 17.4. The smallest absolute Gasteiger partial charge is 0.253 e. The molecule has 4 rings (SSSR count). The Bertz CT molecular complexity index is 666. The van der Waals surface area contributed by atoms with Crippen LogP contribution in [0.3, 0.4) is 0 Å². The van der Waals surface area contributed by atoms with Gasteiger partial charge in [-0.2, -0.15) is 0 Å². The van der Waals surface area contributed by atoms with Gasteiger partial charge < -0.3 is 14.7 Å². The summed E-state index contributed by atoms with van der Waals surface area (Å²) in [6.07, 6.45) is 5.24. The lowest BCUT2D eigenvalue weighted by molar-refractivity contribution is -0.143. The minimum Gasteiger partial charge on any atom is -0.372 e. The van der Waals surface area contributed by atoms with Crippen molar-refractivity contribution in [2.45, 2.75) is 32.1 Å². The number of benzene rings is 1. The minimum absolute atomic E-state index is 0.0610. The lowest BCUT2D eigenvalue weighted by Crippen LogP contribution is -2.48. The average molecular weight is 341 g/mol. The summed E-state index contributed by atoms with van der Waals surface area (Å²) in [4.78, 5) is 31.6. The fourth-order valence-corrected chi connectivity index (χ4v) is 4.67. The second kappa shape index (κ2) is 6.36. The number of amides is 2. The van der Waals surface area contributed by atoms with Crippen molar-refractivity contribution < 1.29 is 9.59 Å². The fraction of sp³-hybridized carbons (Fsp3) is 0.600. The average Bonchev–Trinajstić information content (AvgIpc) is 3.30. The van der Waals surface area contributed by atoms with Crippen molar-refractivity contribution in [3.8, 4) is 0 Å². The van der Waals surface area contributed by atoms with Crippen molar-refractivity contribution in [1.82, 2.24) is 9.80 Å². The highest BCUT2D eigenvalue weighted by atomic mass is 16.2. The Morgan fingerprint density at radius 2 is 1.68 bits per heavy atom. The summed E-state index contributed by atoms with van der Waals surface area (Å²) in [5.74, 6) is 0.282. The van der Waals surface area contributed by atoms with Crippen LogP contribution in [0, 0.1) is 5.41 Å². The lowest BCUT2D eigenvalue weighted by atomic mass is 9.78. The van der Waals surface area contributed by atoms with Crippen LogP contribution in [0.5, 0.6) is 0 Å². The standard InChI is InChI=1S/C20H27N3O2/c1-21-11-4-9-20(19(21)25)10-14-23(15-20)18(24)16-5-7-17(8-6-16)22-12-2-3-13-22/h5-8H,2-4,9-15H2,1H3. The Hall–Kier alpha value is -2.04. The molecular weight excluding hydrogens is 314 g/mol. The molecule has 0 bridgehead atoms. The number of anilines is 1. The van der Waals surface area contributed by atoms with Crippen molar-refractivity contribution >= 4 is 17.5 Å². The Kier molecular flexibility index (Phi) is 4.18. The molecule has 0 radical (unpaired) electrons. The van der Waals surface area contributed by atoms with E-state index in [9.17, 15) is 9.59 Å². The van der Waals surface area contributed by atoms with E-state index in [0.29, 0.717) is 13.1 Å². The zero-order valence-corrected chi connectivity index (χ0v) is 15.0. The number of piperidine rings is 1. The second-order valence-corrected chi connectivity index (χ2v) is 7.83. The molecule has 25 heavy (non-hydrogen) atoms. The molecule has 3 fully saturated rings. The topological polar surface area (TPSA) is 43.9 Å². The van der Waals surface area contributed by atoms with Crippen LogP contribution in [0.15, 0.2) is 24.3 Å². The number of hydrogen-bond acceptors (Lipinski definition) is 3. The van der Waals surface area contributed by atoms with E-state index in [1.807, 2.05) is 29.0 Å². The van der Waals surface area contributed by atoms with Gasteiger partial charge in [0.1, 0.15) is 0 Å². The molecule has 3 saturated heterocycles. The first-order valence-electron chi connectivity index (χ1n) is 9.49. The predicted molar refractivity (Wildman–Crippen MR) is 97.7 cm³/mol. The summed E-state index contributed by atoms with van der Waals surface area (Å²) in [7, 11) is 1.88. The van der Waals surface area contributed by atoms with Crippen LogP contribution >= 0.6 is 0 Å². The molecule has 1 spiro atoms. The molecule has 3 heterocycles. The number of carbonyl (C=O) groups excluding carboxylic acids is 2. The molecule has 0 aromatic heterocycles. The van der Waals surface area contributed by atoms with E-state index in [-0.39, 0.29) is 17.2 Å². The molecular formula is C20H27N3O2. The molecule has 0 aliphatic carbocycles. The summed E-state index contributed by atoms with van der Waals surface area (Å²) in [5, 5.41) is 0. The third kappa shape index (κ3) is 2.90. The summed E-state index contributed by atoms with van der Waals surface area (Å²) < 4.78 is 0. The van der Waals surface area contributed by atoms with Crippen molar-refractivity contribution in [3.63, 3.8) is 0 Å². The first kappa shape index (κ1) is 16.4. The Labute approximate surface area is 149 Å². The van der Waals surface area contributed by atoms with Crippen LogP contribution in [0.4, 0.5) is 5.69 Å². The minimum atomic E-state index is -0.335. The van der Waals surface area contributed by atoms with Gasteiger partial charge in [-0.25, -0.2) is 0 Å². The Morgan fingerprint density at radius 1 is 0.960 bits per heavy atom. The van der Waals surface area contributed by atoms with E-state index in [4.69, 9.17) is 0 Å². The monoisotopic (exact) mass is 341 g/mol. The van der Waals surface area contributed by atoms with Gasteiger partial charge in [0, 0.05) is 51.0 Å². The van der Waals surface area contributed by atoms with Crippen LogP contribution in [-0.4, -0.2) is 61.4 Å². The largest absolute Gasteiger partial charge is 0.372 e. The first-order valence-corrected chi connectivity index (χ1v) is 9.49. The Balaban J connectivity index is 1.45. The zero-order valence-electron chi connectivity index (χ0n) is 15.0. The molecule has 3 aliphatic rings. The molecule has 1 aromatic rings. The molecule has 1 atom stereocenters. The SMILES string of the molecule is CN1CCCC2(CCN(C(=O)c3ccc(N4CCCC4)cc3)C2)C1=O. The van der Waals surface area contributed by atoms with Gasteiger partial charge in [-0.15, -0.1) is 0 Å². The van der Waals surface area contributed by atoms with Gasteiger partial charge >= 0.3 is 0 Å². The second-order valence-electron chi connectivity index (χ2n) is 7.83. The van der Waals surface area contributed by atoms with Crippen molar-refractivity contribution in [1.29, 1.82) is 0 Å². The highest BCUT2D eigenvalue weighted by Crippen LogP contribution is 2.40. The van der Waals surface area contributed by atoms with Gasteiger partial charge in [-0.1, -0.05) is 0 Å². The van der Waals surface area contributed by atoms with E-state index >= 15 is 0 Å². The van der Waals surface area contributed by atoms with Crippen LogP contribution in [0.25, 0.3) is 0 Å². The molecule has 5 nitrogen and oxygen atoms in total. The molecule has 3 aliphatic heterocycles. The maximum absolute atomic E-state index is 12.9. The van der Waals surface area contributed by atoms with Gasteiger partial charge in [0.2, 0.25) is 5.91 Å². The van der Waals surface area contributed by atoms with Crippen LogP contribution in [0.1, 0.15) is 42.5 Å². The molecule has 134 valence electrons. The van der Waals surface area contributed by atoms with Gasteiger partial charge in [0.15, 0.2) is 0 Å². The summed E-state index contributed by atoms with van der Waals surface area (Å²) >= 11 is 0. The number of rotatable bonds is 2. The maximum atomic E-state index is 12.9. The quantitative estimate of drug-likeness (QED) is 0.829. The third-order valence-corrected chi connectivity index (χ3v) is 6.18. The maximum Gasteiger partial charge on any atom is 0.253 e. The van der Waals surface area contributed by atoms with E-state index in [1.165, 1.54) is 18.5 Å². The van der Waals surface area contributed by atoms with E-state index in [0.717, 1.165) is 44.5 Å². The summed E-state index contributed by atoms with van der Waals surface area (Å²) in [6.45, 7) is 4.32. The number of hydrogen-bond donors (Lipinski definition) is 0. The van der Waals surface area contributed by atoms with Crippen molar-refractivity contribution in [2.24, 2.45) is 5.41 Å². The predicted octanol–water partition coefficient (Wildman–Crippen LogP) is 2.37. The number of nitrogens with zero attached hydrogens (tertiary/aromatic N) is 3. The number of carbonyl (C=O) groups is 2. The Morgan fingerprint density at radius 3 is 2.40 bits per heavy atom. The highest BCUT2D eigenvalue weighted by Gasteiger charge is 2.48. The normalized spacial score (nSPS) is 26.8. The van der Waals surface area contributed by atoms with Gasteiger partial charge in [-0.3, -0.25) is 9.59 Å². The van der Waals surface area contributed by atoms with Crippen LogP contribution in [-0.2, 0) is 4.79 Å².